The molecule has 0 spiro atoms. The van der Waals surface area contributed by atoms with E-state index >= 15 is 0 Å². The van der Waals surface area contributed by atoms with Crippen molar-refractivity contribution < 1.29 is 9.18 Å². The molecular formula is C21H19ClFN3OS. The maximum atomic E-state index is 14.0. The number of thiazole rings is 1. The van der Waals surface area contributed by atoms with Crippen LogP contribution < -0.4 is 0 Å². The number of aromatic nitrogens is 1. The Bertz CT molecular complexity index is 951. The summed E-state index contributed by atoms with van der Waals surface area (Å²) in [5.41, 5.74) is 1.53. The molecule has 1 aliphatic heterocycles. The summed E-state index contributed by atoms with van der Waals surface area (Å²) in [6.45, 7) is 3.01. The van der Waals surface area contributed by atoms with Gasteiger partial charge in [0.25, 0.3) is 5.91 Å². The monoisotopic (exact) mass is 415 g/mol. The highest BCUT2D eigenvalue weighted by Gasteiger charge is 2.24. The van der Waals surface area contributed by atoms with Crippen LogP contribution in [-0.4, -0.2) is 46.9 Å². The minimum atomic E-state index is -0.288. The van der Waals surface area contributed by atoms with Crippen molar-refractivity contribution in [3.05, 3.63) is 76.0 Å². The van der Waals surface area contributed by atoms with Gasteiger partial charge in [0, 0.05) is 48.9 Å². The fraction of sp³-hybridized carbons (Fsp3) is 0.238. The van der Waals surface area contributed by atoms with Gasteiger partial charge < -0.3 is 4.90 Å². The Hall–Kier alpha value is -2.28. The molecule has 7 heteroatoms. The third-order valence-corrected chi connectivity index (χ3v) is 6.23. The van der Waals surface area contributed by atoms with Crippen molar-refractivity contribution in [2.45, 2.75) is 6.54 Å². The molecule has 1 aliphatic rings. The third-order valence-electron chi connectivity index (χ3n) is 4.84. The van der Waals surface area contributed by atoms with E-state index in [0.717, 1.165) is 10.6 Å². The van der Waals surface area contributed by atoms with Crippen LogP contribution in [0.1, 0.15) is 15.2 Å². The fourth-order valence-corrected chi connectivity index (χ4v) is 4.37. The zero-order valence-corrected chi connectivity index (χ0v) is 16.7. The van der Waals surface area contributed by atoms with E-state index < -0.39 is 0 Å². The number of halogens is 2. The number of rotatable bonds is 4. The zero-order valence-electron chi connectivity index (χ0n) is 15.1. The van der Waals surface area contributed by atoms with Crippen LogP contribution in [0.4, 0.5) is 4.39 Å². The van der Waals surface area contributed by atoms with E-state index in [1.54, 1.807) is 18.3 Å². The molecule has 0 atom stereocenters. The summed E-state index contributed by atoms with van der Waals surface area (Å²) >= 11 is 7.54. The van der Waals surface area contributed by atoms with E-state index in [1.165, 1.54) is 17.4 Å². The molecule has 2 aromatic carbocycles. The molecular weight excluding hydrogens is 397 g/mol. The zero-order chi connectivity index (χ0) is 19.5. The van der Waals surface area contributed by atoms with E-state index in [2.05, 4.69) is 9.88 Å². The predicted octanol–water partition coefficient (Wildman–Crippen LogP) is 4.56. The number of nitrogens with zero attached hydrogens (tertiary/aromatic N) is 3. The summed E-state index contributed by atoms with van der Waals surface area (Å²) in [5, 5.41) is 1.29. The van der Waals surface area contributed by atoms with Crippen molar-refractivity contribution in [3.63, 3.8) is 0 Å². The molecule has 0 saturated carbocycles. The van der Waals surface area contributed by atoms with Gasteiger partial charge in [-0.25, -0.2) is 9.37 Å². The first kappa shape index (κ1) is 19.1. The summed E-state index contributed by atoms with van der Waals surface area (Å²) in [7, 11) is 0. The molecule has 0 bridgehead atoms. The van der Waals surface area contributed by atoms with Crippen molar-refractivity contribution in [2.75, 3.05) is 26.2 Å². The molecule has 3 aromatic rings. The predicted molar refractivity (Wildman–Crippen MR) is 110 cm³/mol. The lowest BCUT2D eigenvalue weighted by Crippen LogP contribution is -2.48. The highest BCUT2D eigenvalue weighted by Crippen LogP contribution is 2.26. The van der Waals surface area contributed by atoms with Crippen LogP contribution in [0.2, 0.25) is 5.02 Å². The molecule has 144 valence electrons. The van der Waals surface area contributed by atoms with Gasteiger partial charge in [0.2, 0.25) is 0 Å². The standard InChI is InChI=1S/C21H19ClFN3OS/c22-17-7-4-8-18(23)16(17)14-25-9-11-26(12-10-25)21(27)19-13-24-20(28-19)15-5-2-1-3-6-15/h1-8,13H,9-12,14H2. The van der Waals surface area contributed by atoms with E-state index in [0.29, 0.717) is 48.2 Å². The molecule has 0 unspecified atom stereocenters. The highest BCUT2D eigenvalue weighted by atomic mass is 35.5. The van der Waals surface area contributed by atoms with Crippen LogP contribution in [0, 0.1) is 5.82 Å². The summed E-state index contributed by atoms with van der Waals surface area (Å²) in [5.74, 6) is -0.285. The molecule has 0 radical (unpaired) electrons. The Kier molecular flexibility index (Phi) is 5.71. The molecule has 28 heavy (non-hydrogen) atoms. The lowest BCUT2D eigenvalue weighted by Gasteiger charge is -2.34. The first-order chi connectivity index (χ1) is 13.6. The summed E-state index contributed by atoms with van der Waals surface area (Å²) in [4.78, 5) is 21.8. The maximum absolute atomic E-state index is 14.0. The first-order valence-electron chi connectivity index (χ1n) is 9.07. The van der Waals surface area contributed by atoms with Gasteiger partial charge in [0.15, 0.2) is 0 Å². The van der Waals surface area contributed by atoms with Crippen molar-refractivity contribution in [3.8, 4) is 10.6 Å². The minimum Gasteiger partial charge on any atom is -0.335 e. The molecule has 2 heterocycles. The Morgan fingerprint density at radius 3 is 2.54 bits per heavy atom. The number of hydrogen-bond acceptors (Lipinski definition) is 4. The number of amides is 1. The number of carbonyl (C=O) groups is 1. The van der Waals surface area contributed by atoms with Gasteiger partial charge in [0.05, 0.1) is 6.20 Å². The normalized spacial score (nSPS) is 15.0. The van der Waals surface area contributed by atoms with Crippen molar-refractivity contribution >= 4 is 28.8 Å². The second kappa shape index (κ2) is 8.39. The van der Waals surface area contributed by atoms with Gasteiger partial charge in [-0.15, -0.1) is 11.3 Å². The van der Waals surface area contributed by atoms with E-state index in [4.69, 9.17) is 11.6 Å². The van der Waals surface area contributed by atoms with E-state index in [1.807, 2.05) is 35.2 Å². The van der Waals surface area contributed by atoms with Gasteiger partial charge in [0.1, 0.15) is 15.7 Å². The molecule has 1 aromatic heterocycles. The molecule has 4 rings (SSSR count). The third kappa shape index (κ3) is 4.09. The number of hydrogen-bond donors (Lipinski definition) is 0. The average molecular weight is 416 g/mol. The van der Waals surface area contributed by atoms with Crippen molar-refractivity contribution in [1.82, 2.24) is 14.8 Å². The molecule has 1 saturated heterocycles. The Labute approximate surface area is 172 Å². The van der Waals surface area contributed by atoms with Gasteiger partial charge in [-0.3, -0.25) is 9.69 Å². The largest absolute Gasteiger partial charge is 0.335 e. The maximum Gasteiger partial charge on any atom is 0.265 e. The topological polar surface area (TPSA) is 36.4 Å². The fourth-order valence-electron chi connectivity index (χ4n) is 3.26. The second-order valence-corrected chi connectivity index (χ2v) is 8.10. The molecule has 1 fully saturated rings. The number of benzene rings is 2. The van der Waals surface area contributed by atoms with Crippen LogP contribution in [0.25, 0.3) is 10.6 Å². The Morgan fingerprint density at radius 1 is 1.07 bits per heavy atom. The number of piperazine rings is 1. The molecule has 0 aliphatic carbocycles. The quantitative estimate of drug-likeness (QED) is 0.626. The molecule has 4 nitrogen and oxygen atoms in total. The van der Waals surface area contributed by atoms with Crippen LogP contribution in [0.5, 0.6) is 0 Å². The Balaban J connectivity index is 1.37. The molecule has 0 N–H and O–H groups in total. The molecule has 1 amide bonds. The summed E-state index contributed by atoms with van der Waals surface area (Å²) in [6.07, 6.45) is 1.65. The summed E-state index contributed by atoms with van der Waals surface area (Å²) in [6, 6.07) is 14.6. The van der Waals surface area contributed by atoms with Crippen LogP contribution in [0.3, 0.4) is 0 Å². The van der Waals surface area contributed by atoms with E-state index in [-0.39, 0.29) is 11.7 Å². The van der Waals surface area contributed by atoms with Crippen molar-refractivity contribution in [1.29, 1.82) is 0 Å². The van der Waals surface area contributed by atoms with Crippen LogP contribution in [0.15, 0.2) is 54.7 Å². The smallest absolute Gasteiger partial charge is 0.265 e. The van der Waals surface area contributed by atoms with Crippen LogP contribution >= 0.6 is 22.9 Å². The van der Waals surface area contributed by atoms with Gasteiger partial charge >= 0.3 is 0 Å². The van der Waals surface area contributed by atoms with Gasteiger partial charge in [-0.2, -0.15) is 0 Å². The van der Waals surface area contributed by atoms with Gasteiger partial charge in [-0.1, -0.05) is 48.0 Å². The van der Waals surface area contributed by atoms with Crippen LogP contribution in [-0.2, 0) is 6.54 Å². The first-order valence-corrected chi connectivity index (χ1v) is 10.3. The lowest BCUT2D eigenvalue weighted by molar-refractivity contribution is 0.0631. The number of carbonyl (C=O) groups excluding carboxylic acids is 1. The SMILES string of the molecule is O=C(c1cnc(-c2ccccc2)s1)N1CCN(Cc2c(F)cccc2Cl)CC1. The lowest BCUT2D eigenvalue weighted by atomic mass is 10.2. The highest BCUT2D eigenvalue weighted by molar-refractivity contribution is 7.16. The minimum absolute atomic E-state index is 0.00301. The average Bonchev–Trinajstić information content (AvgIpc) is 3.22. The Morgan fingerprint density at radius 2 is 1.82 bits per heavy atom. The second-order valence-electron chi connectivity index (χ2n) is 6.66. The summed E-state index contributed by atoms with van der Waals surface area (Å²) < 4.78 is 14.0. The van der Waals surface area contributed by atoms with E-state index in [9.17, 15) is 9.18 Å². The van der Waals surface area contributed by atoms with Gasteiger partial charge in [-0.05, 0) is 12.1 Å². The van der Waals surface area contributed by atoms with Crippen molar-refractivity contribution in [2.24, 2.45) is 0 Å².